The Balaban J connectivity index is 2.13. The summed E-state index contributed by atoms with van der Waals surface area (Å²) in [4.78, 5) is 11.1. The van der Waals surface area contributed by atoms with Crippen LogP contribution in [0.2, 0.25) is 0 Å². The lowest BCUT2D eigenvalue weighted by Gasteiger charge is -2.15. The smallest absolute Gasteiger partial charge is 0.222 e. The van der Waals surface area contributed by atoms with Crippen LogP contribution in [0, 0.1) is 0 Å². The summed E-state index contributed by atoms with van der Waals surface area (Å²) in [6, 6.07) is 7.56. The predicted molar refractivity (Wildman–Crippen MR) is 57.2 cm³/mol. The number of nitrogens with two attached hydrogens (primary N) is 1. The predicted octanol–water partition coefficient (Wildman–Crippen LogP) is 0.846. The number of ether oxygens (including phenoxy) is 1. The molecule has 80 valence electrons. The molecule has 2 rings (SSSR count). The first-order valence-corrected chi connectivity index (χ1v) is 4.99. The van der Waals surface area contributed by atoms with Crippen molar-refractivity contribution in [2.45, 2.75) is 12.5 Å². The van der Waals surface area contributed by atoms with Gasteiger partial charge in [-0.05, 0) is 17.7 Å². The molecule has 1 aliphatic heterocycles. The van der Waals surface area contributed by atoms with Crippen molar-refractivity contribution < 1.29 is 9.53 Å². The average molecular weight is 206 g/mol. The number of hydrogen-bond donors (Lipinski definition) is 2. The molecular formula is C11H14N2O2. The Kier molecular flexibility index (Phi) is 2.87. The van der Waals surface area contributed by atoms with Crippen molar-refractivity contribution >= 4 is 11.6 Å². The molecule has 1 unspecified atom stereocenters. The summed E-state index contributed by atoms with van der Waals surface area (Å²) in [5.41, 5.74) is 7.41. The molecule has 4 nitrogen and oxygen atoms in total. The lowest BCUT2D eigenvalue weighted by atomic mass is 10.1. The van der Waals surface area contributed by atoms with Gasteiger partial charge in [0.25, 0.3) is 0 Å². The van der Waals surface area contributed by atoms with E-state index >= 15 is 0 Å². The molecule has 1 aliphatic rings. The molecule has 1 amide bonds. The summed E-state index contributed by atoms with van der Waals surface area (Å²) in [6.45, 7) is 0.980. The molecular weight excluding hydrogens is 192 g/mol. The number of benzene rings is 1. The van der Waals surface area contributed by atoms with Crippen LogP contribution in [-0.2, 0) is 9.53 Å². The maximum atomic E-state index is 11.1. The third kappa shape index (κ3) is 2.47. The molecule has 1 aromatic rings. The van der Waals surface area contributed by atoms with Crippen molar-refractivity contribution in [3.05, 3.63) is 29.8 Å². The zero-order chi connectivity index (χ0) is 10.7. The zero-order valence-corrected chi connectivity index (χ0v) is 8.40. The molecule has 1 aromatic carbocycles. The number of nitrogens with one attached hydrogen (secondary N) is 1. The number of anilines is 1. The number of nitrogen functional groups attached to an aromatic ring is 1. The van der Waals surface area contributed by atoms with E-state index in [4.69, 9.17) is 10.5 Å². The fraction of sp³-hybridized carbons (Fsp3) is 0.364. The van der Waals surface area contributed by atoms with Crippen LogP contribution in [0.3, 0.4) is 0 Å². The molecule has 1 heterocycles. The minimum absolute atomic E-state index is 0.0430. The third-order valence-corrected chi connectivity index (χ3v) is 2.42. The monoisotopic (exact) mass is 206 g/mol. The SMILES string of the molecule is Nc1cccc(C2CNC(=O)CCO2)c1. The highest BCUT2D eigenvalue weighted by atomic mass is 16.5. The second-order valence-corrected chi connectivity index (χ2v) is 3.58. The van der Waals surface area contributed by atoms with Gasteiger partial charge in [-0.1, -0.05) is 12.1 Å². The van der Waals surface area contributed by atoms with Crippen LogP contribution in [0.25, 0.3) is 0 Å². The first-order valence-electron chi connectivity index (χ1n) is 4.99. The molecule has 0 saturated carbocycles. The van der Waals surface area contributed by atoms with Crippen LogP contribution in [0.5, 0.6) is 0 Å². The van der Waals surface area contributed by atoms with Crippen LogP contribution in [-0.4, -0.2) is 19.1 Å². The number of carbonyl (C=O) groups is 1. The molecule has 4 heteroatoms. The largest absolute Gasteiger partial charge is 0.399 e. The molecule has 0 aliphatic carbocycles. The maximum absolute atomic E-state index is 11.1. The van der Waals surface area contributed by atoms with Gasteiger partial charge in [-0.3, -0.25) is 4.79 Å². The topological polar surface area (TPSA) is 64.3 Å². The van der Waals surface area contributed by atoms with E-state index in [0.717, 1.165) is 5.56 Å². The van der Waals surface area contributed by atoms with Crippen molar-refractivity contribution in [1.82, 2.24) is 5.32 Å². The Hall–Kier alpha value is -1.55. The first kappa shape index (κ1) is 9.98. The molecule has 1 saturated heterocycles. The second-order valence-electron chi connectivity index (χ2n) is 3.58. The summed E-state index contributed by atoms with van der Waals surface area (Å²) >= 11 is 0. The molecule has 3 N–H and O–H groups in total. The molecule has 0 bridgehead atoms. The van der Waals surface area contributed by atoms with Gasteiger partial charge in [0.05, 0.1) is 12.7 Å². The Labute approximate surface area is 88.4 Å². The van der Waals surface area contributed by atoms with E-state index in [2.05, 4.69) is 5.32 Å². The summed E-state index contributed by atoms with van der Waals surface area (Å²) in [5, 5.41) is 2.81. The number of amides is 1. The van der Waals surface area contributed by atoms with E-state index in [0.29, 0.717) is 25.3 Å². The standard InChI is InChI=1S/C11H14N2O2/c12-9-3-1-2-8(6-9)10-7-13-11(14)4-5-15-10/h1-3,6,10H,4-5,7,12H2,(H,13,14). The van der Waals surface area contributed by atoms with Gasteiger partial charge >= 0.3 is 0 Å². The van der Waals surface area contributed by atoms with E-state index in [1.54, 1.807) is 0 Å². The van der Waals surface area contributed by atoms with Gasteiger partial charge in [-0.25, -0.2) is 0 Å². The average Bonchev–Trinajstić information content (AvgIpc) is 2.43. The summed E-state index contributed by atoms with van der Waals surface area (Å²) in [6.07, 6.45) is 0.346. The third-order valence-electron chi connectivity index (χ3n) is 2.42. The van der Waals surface area contributed by atoms with Gasteiger partial charge < -0.3 is 15.8 Å². The van der Waals surface area contributed by atoms with Crippen LogP contribution in [0.15, 0.2) is 24.3 Å². The minimum Gasteiger partial charge on any atom is -0.399 e. The molecule has 0 spiro atoms. The first-order chi connectivity index (χ1) is 7.25. The van der Waals surface area contributed by atoms with Gasteiger partial charge in [-0.15, -0.1) is 0 Å². The van der Waals surface area contributed by atoms with Crippen molar-refractivity contribution in [1.29, 1.82) is 0 Å². The Morgan fingerprint density at radius 1 is 1.47 bits per heavy atom. The van der Waals surface area contributed by atoms with Crippen molar-refractivity contribution in [2.75, 3.05) is 18.9 Å². The highest BCUT2D eigenvalue weighted by Crippen LogP contribution is 2.20. The van der Waals surface area contributed by atoms with E-state index < -0.39 is 0 Å². The number of carbonyl (C=O) groups excluding carboxylic acids is 1. The van der Waals surface area contributed by atoms with Crippen LogP contribution >= 0.6 is 0 Å². The zero-order valence-electron chi connectivity index (χ0n) is 8.40. The van der Waals surface area contributed by atoms with E-state index in [-0.39, 0.29) is 12.0 Å². The Bertz CT molecular complexity index is 365. The van der Waals surface area contributed by atoms with Crippen LogP contribution < -0.4 is 11.1 Å². The molecule has 1 fully saturated rings. The van der Waals surface area contributed by atoms with Gasteiger partial charge in [0, 0.05) is 18.7 Å². The van der Waals surface area contributed by atoms with Crippen molar-refractivity contribution in [3.8, 4) is 0 Å². The summed E-state index contributed by atoms with van der Waals surface area (Å²) in [7, 11) is 0. The fourth-order valence-electron chi connectivity index (χ4n) is 1.62. The van der Waals surface area contributed by atoms with Gasteiger partial charge in [0.1, 0.15) is 0 Å². The normalized spacial score (nSPS) is 21.9. The Morgan fingerprint density at radius 2 is 2.33 bits per heavy atom. The second kappa shape index (κ2) is 4.31. The van der Waals surface area contributed by atoms with Gasteiger partial charge in [0.2, 0.25) is 5.91 Å². The van der Waals surface area contributed by atoms with Crippen molar-refractivity contribution in [2.24, 2.45) is 0 Å². The lowest BCUT2D eigenvalue weighted by molar-refractivity contribution is -0.120. The highest BCUT2D eigenvalue weighted by molar-refractivity contribution is 5.76. The molecule has 0 aromatic heterocycles. The fourth-order valence-corrected chi connectivity index (χ4v) is 1.62. The minimum atomic E-state index is -0.0834. The van der Waals surface area contributed by atoms with Crippen molar-refractivity contribution in [3.63, 3.8) is 0 Å². The quantitative estimate of drug-likeness (QED) is 0.669. The number of hydrogen-bond acceptors (Lipinski definition) is 3. The van der Waals surface area contributed by atoms with Crippen LogP contribution in [0.4, 0.5) is 5.69 Å². The molecule has 15 heavy (non-hydrogen) atoms. The van der Waals surface area contributed by atoms with Crippen LogP contribution in [0.1, 0.15) is 18.1 Å². The van der Waals surface area contributed by atoms with Gasteiger partial charge in [-0.2, -0.15) is 0 Å². The number of rotatable bonds is 1. The summed E-state index contributed by atoms with van der Waals surface area (Å²) in [5.74, 6) is 0.0430. The lowest BCUT2D eigenvalue weighted by Crippen LogP contribution is -2.25. The summed E-state index contributed by atoms with van der Waals surface area (Å²) < 4.78 is 5.58. The van der Waals surface area contributed by atoms with Gasteiger partial charge in [0.15, 0.2) is 0 Å². The van der Waals surface area contributed by atoms with E-state index in [1.165, 1.54) is 0 Å². The maximum Gasteiger partial charge on any atom is 0.222 e. The Morgan fingerprint density at radius 3 is 3.13 bits per heavy atom. The molecule has 1 atom stereocenters. The van der Waals surface area contributed by atoms with E-state index in [9.17, 15) is 4.79 Å². The highest BCUT2D eigenvalue weighted by Gasteiger charge is 2.17. The van der Waals surface area contributed by atoms with E-state index in [1.807, 2.05) is 24.3 Å². The molecule has 0 radical (unpaired) electrons.